The number of carbonyl (C=O) groups is 2. The van der Waals surface area contributed by atoms with Gasteiger partial charge in [-0.3, -0.25) is 9.69 Å². The second-order valence-corrected chi connectivity index (χ2v) is 9.32. The van der Waals surface area contributed by atoms with Crippen molar-refractivity contribution in [3.63, 3.8) is 0 Å². The molecule has 192 valence electrons. The summed E-state index contributed by atoms with van der Waals surface area (Å²) in [7, 11) is 0. The number of hydrogen-bond donors (Lipinski definition) is 1. The number of nitrogens with zero attached hydrogens (tertiary/aromatic N) is 4. The van der Waals surface area contributed by atoms with Crippen molar-refractivity contribution in [2.75, 3.05) is 6.54 Å². The summed E-state index contributed by atoms with van der Waals surface area (Å²) in [5.74, 6) is -1.16. The molecular formula is C30H27FN4O3. The Kier molecular flexibility index (Phi) is 6.90. The Morgan fingerprint density at radius 1 is 1.21 bits per heavy atom. The molecule has 0 saturated heterocycles. The Labute approximate surface area is 220 Å². The lowest BCUT2D eigenvalue weighted by Gasteiger charge is -2.30. The van der Waals surface area contributed by atoms with Gasteiger partial charge in [-0.1, -0.05) is 30.9 Å². The number of amides is 1. The van der Waals surface area contributed by atoms with Crippen LogP contribution in [0.1, 0.15) is 50.7 Å². The topological polar surface area (TPSA) is 85.6 Å². The first-order valence-electron chi connectivity index (χ1n) is 12.6. The van der Waals surface area contributed by atoms with Gasteiger partial charge in [0.1, 0.15) is 23.0 Å². The molecule has 0 aromatic heterocycles. The summed E-state index contributed by atoms with van der Waals surface area (Å²) in [5, 5.41) is 9.05. The zero-order valence-corrected chi connectivity index (χ0v) is 21.2. The monoisotopic (exact) mass is 510 g/mol. The standard InChI is InChI=1S/C30H27FN4O3/c1-3-23-17-26(29(36)34-11-6-4-5-7-19(34)2)33-28-16-22(10-12-35(23)28)24-9-8-20(14-25(24)31)13-21-15-27(30(37)38)32-18-21/h7-9,12-18H,3-6,11H2,1-2H3,(H,37,38)/b21-13-. The highest BCUT2D eigenvalue weighted by molar-refractivity contribution is 6.44. The lowest BCUT2D eigenvalue weighted by molar-refractivity contribution is -0.132. The van der Waals surface area contributed by atoms with E-state index >= 15 is 4.39 Å². The van der Waals surface area contributed by atoms with Gasteiger partial charge in [0, 0.05) is 35.3 Å². The molecule has 0 unspecified atom stereocenters. The molecule has 4 aliphatic rings. The van der Waals surface area contributed by atoms with Crippen LogP contribution in [0.25, 0.3) is 11.6 Å². The van der Waals surface area contributed by atoms with E-state index in [1.54, 1.807) is 35.4 Å². The van der Waals surface area contributed by atoms with Crippen molar-refractivity contribution >= 4 is 35.5 Å². The molecule has 5 rings (SSSR count). The number of hydrogen-bond acceptors (Lipinski definition) is 5. The lowest BCUT2D eigenvalue weighted by atomic mass is 10.0. The number of aliphatic imine (C=N–C) groups is 2. The van der Waals surface area contributed by atoms with Gasteiger partial charge in [-0.25, -0.2) is 19.2 Å². The fourth-order valence-corrected chi connectivity index (χ4v) is 4.69. The van der Waals surface area contributed by atoms with E-state index in [2.05, 4.69) is 21.8 Å². The molecule has 38 heavy (non-hydrogen) atoms. The van der Waals surface area contributed by atoms with E-state index in [0.717, 1.165) is 30.7 Å². The number of halogens is 1. The number of carboxylic acids is 1. The third-order valence-corrected chi connectivity index (χ3v) is 6.74. The van der Waals surface area contributed by atoms with Crippen molar-refractivity contribution in [1.82, 2.24) is 9.80 Å². The van der Waals surface area contributed by atoms with Gasteiger partial charge in [-0.05, 0) is 74.1 Å². The average Bonchev–Trinajstić information content (AvgIpc) is 3.27. The van der Waals surface area contributed by atoms with Crippen molar-refractivity contribution in [3.8, 4) is 0 Å². The molecule has 7 nitrogen and oxygen atoms in total. The van der Waals surface area contributed by atoms with Crippen LogP contribution in [0.5, 0.6) is 0 Å². The summed E-state index contributed by atoms with van der Waals surface area (Å²) in [6, 6.07) is 4.78. The van der Waals surface area contributed by atoms with Crippen LogP contribution >= 0.6 is 0 Å². The number of carbonyl (C=O) groups excluding carboxylic acids is 1. The van der Waals surface area contributed by atoms with Crippen LogP contribution in [0.3, 0.4) is 0 Å². The van der Waals surface area contributed by atoms with Gasteiger partial charge in [0.2, 0.25) is 0 Å². The highest BCUT2D eigenvalue weighted by Gasteiger charge is 2.27. The van der Waals surface area contributed by atoms with Crippen LogP contribution in [0.4, 0.5) is 4.39 Å². The number of benzene rings is 1. The zero-order chi connectivity index (χ0) is 26.8. The number of carboxylic acid groups (broad SMARTS) is 1. The van der Waals surface area contributed by atoms with Crippen molar-refractivity contribution in [1.29, 1.82) is 0 Å². The maximum absolute atomic E-state index is 15.2. The van der Waals surface area contributed by atoms with Crippen LogP contribution in [-0.4, -0.2) is 45.3 Å². The van der Waals surface area contributed by atoms with Crippen LogP contribution in [0.15, 0.2) is 92.9 Å². The minimum absolute atomic E-state index is 0.0598. The van der Waals surface area contributed by atoms with E-state index in [9.17, 15) is 9.59 Å². The fraction of sp³-hybridized carbons (Fsp3) is 0.233. The molecule has 0 saturated carbocycles. The lowest BCUT2D eigenvalue weighted by Crippen LogP contribution is -2.37. The van der Waals surface area contributed by atoms with E-state index in [4.69, 9.17) is 5.11 Å². The first-order chi connectivity index (χ1) is 18.3. The van der Waals surface area contributed by atoms with Gasteiger partial charge in [-0.2, -0.15) is 0 Å². The molecule has 0 spiro atoms. The van der Waals surface area contributed by atoms with E-state index < -0.39 is 11.8 Å². The Hall–Kier alpha value is -4.55. The molecule has 0 aliphatic carbocycles. The number of allylic oxidation sites excluding steroid dienone is 7. The molecule has 1 aromatic carbocycles. The van der Waals surface area contributed by atoms with Crippen LogP contribution in [0.2, 0.25) is 0 Å². The number of fused-ring (bicyclic) bond motifs is 1. The van der Waals surface area contributed by atoms with Crippen molar-refractivity contribution in [3.05, 3.63) is 99.9 Å². The smallest absolute Gasteiger partial charge is 0.354 e. The molecule has 0 bridgehead atoms. The minimum atomic E-state index is -1.11. The molecular weight excluding hydrogens is 483 g/mol. The van der Waals surface area contributed by atoms with Crippen LogP contribution in [0, 0.1) is 5.82 Å². The molecule has 4 heterocycles. The maximum Gasteiger partial charge on any atom is 0.354 e. The van der Waals surface area contributed by atoms with Gasteiger partial charge in [0.05, 0.1) is 6.20 Å². The molecule has 1 N–H and O–H groups in total. The van der Waals surface area contributed by atoms with Gasteiger partial charge in [0.25, 0.3) is 5.91 Å². The molecule has 0 radical (unpaired) electrons. The highest BCUT2D eigenvalue weighted by Crippen LogP contribution is 2.31. The number of rotatable bonds is 5. The molecule has 1 amide bonds. The fourth-order valence-electron chi connectivity index (χ4n) is 4.69. The summed E-state index contributed by atoms with van der Waals surface area (Å²) in [4.78, 5) is 36.6. The summed E-state index contributed by atoms with van der Waals surface area (Å²) < 4.78 is 15.2. The Morgan fingerprint density at radius 2 is 2.05 bits per heavy atom. The zero-order valence-electron chi connectivity index (χ0n) is 21.2. The van der Waals surface area contributed by atoms with E-state index in [1.165, 1.54) is 18.4 Å². The van der Waals surface area contributed by atoms with Crippen LogP contribution in [-0.2, 0) is 9.59 Å². The molecule has 8 heteroatoms. The Morgan fingerprint density at radius 3 is 2.79 bits per heavy atom. The molecule has 4 aliphatic heterocycles. The normalized spacial score (nSPS) is 19.7. The third kappa shape index (κ3) is 4.99. The first kappa shape index (κ1) is 25.1. The first-order valence-corrected chi connectivity index (χ1v) is 12.6. The summed E-state index contributed by atoms with van der Waals surface area (Å²) >= 11 is 0. The molecule has 0 atom stereocenters. The summed E-state index contributed by atoms with van der Waals surface area (Å²) in [6.45, 7) is 4.63. The van der Waals surface area contributed by atoms with Crippen molar-refractivity contribution < 1.29 is 19.1 Å². The maximum atomic E-state index is 15.2. The predicted molar refractivity (Wildman–Crippen MR) is 145 cm³/mol. The van der Waals surface area contributed by atoms with Gasteiger partial charge >= 0.3 is 5.97 Å². The predicted octanol–water partition coefficient (Wildman–Crippen LogP) is 5.58. The SMILES string of the molecule is CCC1=CC(C(=O)N2CCCCC=C2C)=NC2=CC(c3ccc(/C=C4\C=NC(C(=O)O)=C4)cc3F)=C=CN12. The molecule has 0 fully saturated rings. The van der Waals surface area contributed by atoms with Crippen molar-refractivity contribution in [2.24, 2.45) is 9.98 Å². The quantitative estimate of drug-likeness (QED) is 0.524. The third-order valence-electron chi connectivity index (χ3n) is 6.74. The van der Waals surface area contributed by atoms with E-state index in [0.29, 0.717) is 46.8 Å². The summed E-state index contributed by atoms with van der Waals surface area (Å²) in [5.41, 5.74) is 7.32. The van der Waals surface area contributed by atoms with E-state index in [-0.39, 0.29) is 11.6 Å². The van der Waals surface area contributed by atoms with E-state index in [1.807, 2.05) is 24.8 Å². The molecule has 1 aromatic rings. The Bertz CT molecular complexity index is 1510. The van der Waals surface area contributed by atoms with Crippen LogP contribution < -0.4 is 0 Å². The number of aliphatic carboxylic acids is 1. The van der Waals surface area contributed by atoms with Gasteiger partial charge in [-0.15, -0.1) is 0 Å². The second kappa shape index (κ2) is 10.4. The van der Waals surface area contributed by atoms with Gasteiger partial charge < -0.3 is 10.0 Å². The largest absolute Gasteiger partial charge is 0.477 e. The van der Waals surface area contributed by atoms with Crippen molar-refractivity contribution in [2.45, 2.75) is 39.5 Å². The average molecular weight is 511 g/mol. The highest BCUT2D eigenvalue weighted by atomic mass is 19.1. The second-order valence-electron chi connectivity index (χ2n) is 9.32. The van der Waals surface area contributed by atoms with Gasteiger partial charge in [0.15, 0.2) is 0 Å². The summed E-state index contributed by atoms with van der Waals surface area (Å²) in [6.07, 6.45) is 15.6. The Balaban J connectivity index is 1.44. The minimum Gasteiger partial charge on any atom is -0.477 e.